The summed E-state index contributed by atoms with van der Waals surface area (Å²) >= 11 is 0. The first-order valence-electron chi connectivity index (χ1n) is 6.42. The summed E-state index contributed by atoms with van der Waals surface area (Å²) in [6.45, 7) is 0.852. The quantitative estimate of drug-likeness (QED) is 0.882. The van der Waals surface area contributed by atoms with E-state index < -0.39 is 11.6 Å². The van der Waals surface area contributed by atoms with Crippen LogP contribution in [0.2, 0.25) is 0 Å². The predicted molar refractivity (Wildman–Crippen MR) is 73.2 cm³/mol. The van der Waals surface area contributed by atoms with Gasteiger partial charge in [0.2, 0.25) is 0 Å². The van der Waals surface area contributed by atoms with Gasteiger partial charge in [-0.2, -0.15) is 0 Å². The number of likely N-dealkylation sites (N-methyl/N-ethyl adjacent to an activating group) is 1. The minimum atomic E-state index is -0.432. The minimum Gasteiger partial charge on any atom is -0.468 e. The standard InChI is InChI=1S/C15H18F2N2O/c1-19(2)14(15-4-3-7-20-15)10-18-9-11-8-12(16)5-6-13(11)17/h3-8,14,18H,9-10H2,1-2H3. The molecular weight excluding hydrogens is 262 g/mol. The fourth-order valence-corrected chi connectivity index (χ4v) is 2.04. The Morgan fingerprint density at radius 2 is 2.05 bits per heavy atom. The molecule has 0 bridgehead atoms. The van der Waals surface area contributed by atoms with Gasteiger partial charge < -0.3 is 9.73 Å². The smallest absolute Gasteiger partial charge is 0.127 e. The number of nitrogens with zero attached hydrogens (tertiary/aromatic N) is 1. The van der Waals surface area contributed by atoms with Gasteiger partial charge in [-0.15, -0.1) is 0 Å². The molecule has 0 radical (unpaired) electrons. The maximum absolute atomic E-state index is 13.5. The Kier molecular flexibility index (Phi) is 4.87. The lowest BCUT2D eigenvalue weighted by Crippen LogP contribution is -2.30. The molecular formula is C15H18F2N2O. The lowest BCUT2D eigenvalue weighted by atomic mass is 10.1. The van der Waals surface area contributed by atoms with Crippen LogP contribution in [0, 0.1) is 11.6 Å². The highest BCUT2D eigenvalue weighted by Crippen LogP contribution is 2.18. The van der Waals surface area contributed by atoms with E-state index in [1.807, 2.05) is 31.1 Å². The SMILES string of the molecule is CN(C)C(CNCc1cc(F)ccc1F)c1ccco1. The van der Waals surface area contributed by atoms with Crippen molar-refractivity contribution in [3.8, 4) is 0 Å². The first-order chi connectivity index (χ1) is 9.58. The number of halogens is 2. The second kappa shape index (κ2) is 6.63. The molecule has 5 heteroatoms. The van der Waals surface area contributed by atoms with Gasteiger partial charge in [-0.25, -0.2) is 8.78 Å². The Morgan fingerprint density at radius 1 is 1.25 bits per heavy atom. The predicted octanol–water partition coefficient (Wildman–Crippen LogP) is 2.95. The number of benzene rings is 1. The van der Waals surface area contributed by atoms with Gasteiger partial charge in [0.05, 0.1) is 12.3 Å². The Hall–Kier alpha value is -1.72. The van der Waals surface area contributed by atoms with E-state index in [1.54, 1.807) is 6.26 Å². The lowest BCUT2D eigenvalue weighted by Gasteiger charge is -2.22. The fourth-order valence-electron chi connectivity index (χ4n) is 2.04. The van der Waals surface area contributed by atoms with Gasteiger partial charge in [-0.05, 0) is 44.4 Å². The molecule has 20 heavy (non-hydrogen) atoms. The Balaban J connectivity index is 1.95. The highest BCUT2D eigenvalue weighted by Gasteiger charge is 2.16. The van der Waals surface area contributed by atoms with E-state index >= 15 is 0 Å². The van der Waals surface area contributed by atoms with E-state index in [2.05, 4.69) is 5.32 Å². The molecule has 2 aromatic rings. The summed E-state index contributed by atoms with van der Waals surface area (Å²) in [7, 11) is 3.88. The topological polar surface area (TPSA) is 28.4 Å². The van der Waals surface area contributed by atoms with Gasteiger partial charge in [0.25, 0.3) is 0 Å². The normalized spacial score (nSPS) is 12.8. The van der Waals surface area contributed by atoms with Crippen molar-refractivity contribution in [2.24, 2.45) is 0 Å². The van der Waals surface area contributed by atoms with Gasteiger partial charge in [0.15, 0.2) is 0 Å². The second-order valence-electron chi connectivity index (χ2n) is 4.86. The third-order valence-corrected chi connectivity index (χ3v) is 3.16. The molecule has 1 aromatic heterocycles. The van der Waals surface area contributed by atoms with Crippen LogP contribution in [0.15, 0.2) is 41.0 Å². The van der Waals surface area contributed by atoms with E-state index in [0.717, 1.165) is 17.9 Å². The lowest BCUT2D eigenvalue weighted by molar-refractivity contribution is 0.250. The summed E-state index contributed by atoms with van der Waals surface area (Å²) in [5.74, 6) is -0.00101. The van der Waals surface area contributed by atoms with Crippen LogP contribution in [-0.2, 0) is 6.54 Å². The van der Waals surface area contributed by atoms with Crippen molar-refractivity contribution in [3.05, 3.63) is 59.6 Å². The van der Waals surface area contributed by atoms with E-state index in [9.17, 15) is 8.78 Å². The number of furan rings is 1. The Bertz CT molecular complexity index is 541. The van der Waals surface area contributed by atoms with Crippen LogP contribution >= 0.6 is 0 Å². The Labute approximate surface area is 117 Å². The van der Waals surface area contributed by atoms with Gasteiger partial charge in [-0.3, -0.25) is 4.90 Å². The maximum atomic E-state index is 13.5. The molecule has 0 saturated carbocycles. The number of hydrogen-bond acceptors (Lipinski definition) is 3. The zero-order chi connectivity index (χ0) is 14.5. The van der Waals surface area contributed by atoms with Crippen LogP contribution in [0.4, 0.5) is 8.78 Å². The van der Waals surface area contributed by atoms with Crippen molar-refractivity contribution >= 4 is 0 Å². The van der Waals surface area contributed by atoms with Crippen LogP contribution in [0.25, 0.3) is 0 Å². The van der Waals surface area contributed by atoms with Crippen LogP contribution in [0.3, 0.4) is 0 Å². The molecule has 0 amide bonds. The second-order valence-corrected chi connectivity index (χ2v) is 4.86. The molecule has 1 heterocycles. The highest BCUT2D eigenvalue weighted by molar-refractivity contribution is 5.18. The third kappa shape index (κ3) is 3.65. The molecule has 0 saturated heterocycles. The molecule has 0 spiro atoms. The number of rotatable bonds is 6. The molecule has 1 unspecified atom stereocenters. The van der Waals surface area contributed by atoms with E-state index in [0.29, 0.717) is 12.1 Å². The highest BCUT2D eigenvalue weighted by atomic mass is 19.1. The summed E-state index contributed by atoms with van der Waals surface area (Å²) in [4.78, 5) is 2.01. The first kappa shape index (κ1) is 14.7. The number of hydrogen-bond donors (Lipinski definition) is 1. The van der Waals surface area contributed by atoms with E-state index in [-0.39, 0.29) is 12.6 Å². The van der Waals surface area contributed by atoms with Gasteiger partial charge in [-0.1, -0.05) is 0 Å². The molecule has 1 N–H and O–H groups in total. The summed E-state index contributed by atoms with van der Waals surface area (Å²) in [5.41, 5.74) is 0.321. The van der Waals surface area contributed by atoms with Crippen molar-refractivity contribution in [2.45, 2.75) is 12.6 Å². The summed E-state index contributed by atoms with van der Waals surface area (Å²) in [6, 6.07) is 7.24. The van der Waals surface area contributed by atoms with Crippen molar-refractivity contribution in [1.82, 2.24) is 10.2 Å². The van der Waals surface area contributed by atoms with Crippen LogP contribution in [0.1, 0.15) is 17.4 Å². The van der Waals surface area contributed by atoms with Crippen molar-refractivity contribution < 1.29 is 13.2 Å². The summed E-state index contributed by atoms with van der Waals surface area (Å²) in [6.07, 6.45) is 1.62. The molecule has 3 nitrogen and oxygen atoms in total. The molecule has 0 aliphatic rings. The van der Waals surface area contributed by atoms with Crippen molar-refractivity contribution in [2.75, 3.05) is 20.6 Å². The third-order valence-electron chi connectivity index (χ3n) is 3.16. The molecule has 1 aromatic carbocycles. The fraction of sp³-hybridized carbons (Fsp3) is 0.333. The van der Waals surface area contributed by atoms with Gasteiger partial charge in [0.1, 0.15) is 17.4 Å². The average Bonchev–Trinajstić information content (AvgIpc) is 2.91. The zero-order valence-electron chi connectivity index (χ0n) is 11.6. The zero-order valence-corrected chi connectivity index (χ0v) is 11.6. The average molecular weight is 280 g/mol. The van der Waals surface area contributed by atoms with Crippen LogP contribution in [0.5, 0.6) is 0 Å². The van der Waals surface area contributed by atoms with Crippen LogP contribution < -0.4 is 5.32 Å². The molecule has 0 fully saturated rings. The largest absolute Gasteiger partial charge is 0.468 e. The first-order valence-corrected chi connectivity index (χ1v) is 6.42. The Morgan fingerprint density at radius 3 is 2.70 bits per heavy atom. The maximum Gasteiger partial charge on any atom is 0.127 e. The summed E-state index contributed by atoms with van der Waals surface area (Å²) < 4.78 is 31.9. The minimum absolute atomic E-state index is 0.0432. The molecule has 0 aliphatic heterocycles. The molecule has 2 rings (SSSR count). The number of nitrogens with one attached hydrogen (secondary N) is 1. The van der Waals surface area contributed by atoms with Crippen LogP contribution in [-0.4, -0.2) is 25.5 Å². The molecule has 0 aliphatic carbocycles. The molecule has 108 valence electrons. The van der Waals surface area contributed by atoms with E-state index in [1.165, 1.54) is 6.07 Å². The van der Waals surface area contributed by atoms with Crippen molar-refractivity contribution in [3.63, 3.8) is 0 Å². The van der Waals surface area contributed by atoms with Crippen molar-refractivity contribution in [1.29, 1.82) is 0 Å². The van der Waals surface area contributed by atoms with E-state index in [4.69, 9.17) is 4.42 Å². The van der Waals surface area contributed by atoms with Gasteiger partial charge in [0, 0.05) is 18.7 Å². The monoisotopic (exact) mass is 280 g/mol. The summed E-state index contributed by atoms with van der Waals surface area (Å²) in [5, 5.41) is 3.13. The molecule has 1 atom stereocenters. The van der Waals surface area contributed by atoms with Gasteiger partial charge >= 0.3 is 0 Å².